The van der Waals surface area contributed by atoms with Crippen LogP contribution in [0.1, 0.15) is 19.5 Å². The van der Waals surface area contributed by atoms with Crippen molar-refractivity contribution in [1.82, 2.24) is 9.97 Å². The third-order valence-electron chi connectivity index (χ3n) is 2.56. The van der Waals surface area contributed by atoms with Crippen LogP contribution in [0, 0.1) is 0 Å². The maximum absolute atomic E-state index is 11.1. The number of nitrogens with zero attached hydrogens (tertiary/aromatic N) is 2. The lowest BCUT2D eigenvalue weighted by Crippen LogP contribution is -2.28. The van der Waals surface area contributed by atoms with Gasteiger partial charge in [-0.25, -0.2) is 4.98 Å². The van der Waals surface area contributed by atoms with Gasteiger partial charge in [0.25, 0.3) is 0 Å². The molecule has 0 aromatic carbocycles. The zero-order valence-electron chi connectivity index (χ0n) is 9.54. The minimum atomic E-state index is -1.07. The third kappa shape index (κ3) is 2.04. The number of carbonyl (C=O) groups is 1. The van der Waals surface area contributed by atoms with E-state index in [-0.39, 0.29) is 0 Å². The molecule has 2 aromatic rings. The molecular formula is C12H12N2O3. The summed E-state index contributed by atoms with van der Waals surface area (Å²) in [5.41, 5.74) is -0.109. The highest BCUT2D eigenvalue weighted by Crippen LogP contribution is 2.25. The van der Waals surface area contributed by atoms with Crippen LogP contribution in [-0.2, 0) is 10.2 Å². The molecule has 0 aliphatic rings. The first-order valence-corrected chi connectivity index (χ1v) is 5.12. The quantitative estimate of drug-likeness (QED) is 0.876. The lowest BCUT2D eigenvalue weighted by molar-refractivity contribution is -0.142. The Morgan fingerprint density at radius 2 is 2.18 bits per heavy atom. The summed E-state index contributed by atoms with van der Waals surface area (Å²) < 4.78 is 5.25. The SMILES string of the molecule is CC(C)(C(=O)O)c1coc(-c2ccccn2)n1. The fourth-order valence-corrected chi connectivity index (χ4v) is 1.28. The van der Waals surface area contributed by atoms with Crippen LogP contribution in [0.2, 0.25) is 0 Å². The monoisotopic (exact) mass is 232 g/mol. The van der Waals surface area contributed by atoms with Crippen LogP contribution in [0.15, 0.2) is 35.1 Å². The van der Waals surface area contributed by atoms with E-state index in [1.807, 2.05) is 6.07 Å². The summed E-state index contributed by atoms with van der Waals surface area (Å²) in [5, 5.41) is 9.08. The molecule has 0 radical (unpaired) electrons. The average molecular weight is 232 g/mol. The van der Waals surface area contributed by atoms with E-state index < -0.39 is 11.4 Å². The Balaban J connectivity index is 2.38. The van der Waals surface area contributed by atoms with Gasteiger partial charge in [-0.3, -0.25) is 9.78 Å². The molecule has 0 fully saturated rings. The van der Waals surface area contributed by atoms with Crippen molar-refractivity contribution in [2.75, 3.05) is 0 Å². The minimum Gasteiger partial charge on any atom is -0.481 e. The Morgan fingerprint density at radius 1 is 1.41 bits per heavy atom. The second-order valence-corrected chi connectivity index (χ2v) is 4.18. The van der Waals surface area contributed by atoms with E-state index in [0.29, 0.717) is 17.3 Å². The minimum absolute atomic E-state index is 0.329. The Hall–Kier alpha value is -2.17. The van der Waals surface area contributed by atoms with Crippen LogP contribution in [0.4, 0.5) is 0 Å². The van der Waals surface area contributed by atoms with Crippen molar-refractivity contribution in [3.05, 3.63) is 36.4 Å². The highest BCUT2D eigenvalue weighted by atomic mass is 16.4. The van der Waals surface area contributed by atoms with Gasteiger partial charge in [-0.05, 0) is 26.0 Å². The number of hydrogen-bond donors (Lipinski definition) is 1. The number of pyridine rings is 1. The Morgan fingerprint density at radius 3 is 2.76 bits per heavy atom. The fourth-order valence-electron chi connectivity index (χ4n) is 1.28. The van der Waals surface area contributed by atoms with Gasteiger partial charge in [0.15, 0.2) is 0 Å². The van der Waals surface area contributed by atoms with E-state index in [1.54, 1.807) is 32.2 Å². The van der Waals surface area contributed by atoms with Crippen LogP contribution in [0.25, 0.3) is 11.6 Å². The van der Waals surface area contributed by atoms with Crippen molar-refractivity contribution in [3.8, 4) is 11.6 Å². The standard InChI is InChI=1S/C12H12N2O3/c1-12(2,11(15)16)9-7-17-10(14-9)8-5-3-4-6-13-8/h3-7H,1-2H3,(H,15,16). The lowest BCUT2D eigenvalue weighted by atomic mass is 9.90. The summed E-state index contributed by atoms with van der Waals surface area (Å²) in [4.78, 5) is 19.3. The van der Waals surface area contributed by atoms with E-state index in [1.165, 1.54) is 6.26 Å². The van der Waals surface area contributed by atoms with E-state index in [9.17, 15) is 4.79 Å². The van der Waals surface area contributed by atoms with Crippen molar-refractivity contribution >= 4 is 5.97 Å². The first-order valence-electron chi connectivity index (χ1n) is 5.12. The number of carboxylic acids is 1. The highest BCUT2D eigenvalue weighted by Gasteiger charge is 2.33. The molecular weight excluding hydrogens is 220 g/mol. The molecule has 88 valence electrons. The number of rotatable bonds is 3. The number of oxazole rings is 1. The van der Waals surface area contributed by atoms with Gasteiger partial charge in [0.05, 0.1) is 5.69 Å². The van der Waals surface area contributed by atoms with Gasteiger partial charge in [0.2, 0.25) is 5.89 Å². The first-order chi connectivity index (χ1) is 8.01. The zero-order valence-corrected chi connectivity index (χ0v) is 9.54. The van der Waals surface area contributed by atoms with Crippen molar-refractivity contribution in [2.24, 2.45) is 0 Å². The van der Waals surface area contributed by atoms with E-state index in [4.69, 9.17) is 9.52 Å². The van der Waals surface area contributed by atoms with E-state index >= 15 is 0 Å². The maximum atomic E-state index is 11.1. The summed E-state index contributed by atoms with van der Waals surface area (Å²) in [6.45, 7) is 3.16. The molecule has 2 rings (SSSR count). The van der Waals surface area contributed by atoms with Crippen LogP contribution < -0.4 is 0 Å². The fraction of sp³-hybridized carbons (Fsp3) is 0.250. The van der Waals surface area contributed by atoms with Crippen molar-refractivity contribution in [2.45, 2.75) is 19.3 Å². The lowest BCUT2D eigenvalue weighted by Gasteiger charge is -2.14. The molecule has 0 unspecified atom stereocenters. The summed E-state index contributed by atoms with van der Waals surface area (Å²) in [6.07, 6.45) is 2.99. The van der Waals surface area contributed by atoms with Gasteiger partial charge in [-0.15, -0.1) is 0 Å². The zero-order chi connectivity index (χ0) is 12.5. The van der Waals surface area contributed by atoms with Crippen LogP contribution in [0.5, 0.6) is 0 Å². The predicted octanol–water partition coefficient (Wildman–Crippen LogP) is 2.10. The normalized spacial score (nSPS) is 11.4. The molecule has 2 heterocycles. The van der Waals surface area contributed by atoms with Crippen molar-refractivity contribution in [3.63, 3.8) is 0 Å². The van der Waals surface area contributed by atoms with Crippen LogP contribution in [0.3, 0.4) is 0 Å². The molecule has 0 bridgehead atoms. The van der Waals surface area contributed by atoms with Crippen molar-refractivity contribution < 1.29 is 14.3 Å². The molecule has 2 aromatic heterocycles. The van der Waals surface area contributed by atoms with Gasteiger partial charge >= 0.3 is 5.97 Å². The predicted molar refractivity (Wildman–Crippen MR) is 60.4 cm³/mol. The first kappa shape index (κ1) is 11.3. The maximum Gasteiger partial charge on any atom is 0.315 e. The molecule has 0 aliphatic heterocycles. The van der Waals surface area contributed by atoms with Crippen LogP contribution in [-0.4, -0.2) is 21.0 Å². The van der Waals surface area contributed by atoms with Gasteiger partial charge < -0.3 is 9.52 Å². The van der Waals surface area contributed by atoms with Gasteiger partial charge in [0.1, 0.15) is 17.4 Å². The number of aliphatic carboxylic acids is 1. The Kier molecular flexibility index (Phi) is 2.67. The molecule has 0 atom stereocenters. The summed E-state index contributed by atoms with van der Waals surface area (Å²) in [7, 11) is 0. The molecule has 5 heteroatoms. The second kappa shape index (κ2) is 4.01. The molecule has 17 heavy (non-hydrogen) atoms. The van der Waals surface area contributed by atoms with Crippen molar-refractivity contribution in [1.29, 1.82) is 0 Å². The van der Waals surface area contributed by atoms with Crippen LogP contribution >= 0.6 is 0 Å². The highest BCUT2D eigenvalue weighted by molar-refractivity contribution is 5.79. The summed E-state index contributed by atoms with van der Waals surface area (Å²) >= 11 is 0. The average Bonchev–Trinajstić information content (AvgIpc) is 2.80. The topological polar surface area (TPSA) is 76.2 Å². The number of aromatic nitrogens is 2. The summed E-state index contributed by atoms with van der Waals surface area (Å²) in [6, 6.07) is 5.35. The smallest absolute Gasteiger partial charge is 0.315 e. The summed E-state index contributed by atoms with van der Waals surface area (Å²) in [5.74, 6) is -0.617. The largest absolute Gasteiger partial charge is 0.481 e. The molecule has 0 amide bonds. The third-order valence-corrected chi connectivity index (χ3v) is 2.56. The van der Waals surface area contributed by atoms with Gasteiger partial charge in [-0.2, -0.15) is 0 Å². The Bertz CT molecular complexity index is 532. The molecule has 5 nitrogen and oxygen atoms in total. The number of carboxylic acid groups (broad SMARTS) is 1. The van der Waals surface area contributed by atoms with E-state index in [2.05, 4.69) is 9.97 Å². The van der Waals surface area contributed by atoms with Gasteiger partial charge in [-0.1, -0.05) is 6.07 Å². The molecule has 0 saturated heterocycles. The van der Waals surface area contributed by atoms with E-state index in [0.717, 1.165) is 0 Å². The molecule has 0 spiro atoms. The molecule has 0 saturated carbocycles. The Labute approximate surface area is 98.1 Å². The molecule has 0 aliphatic carbocycles. The van der Waals surface area contributed by atoms with Gasteiger partial charge in [0, 0.05) is 6.20 Å². The molecule has 1 N–H and O–H groups in total. The second-order valence-electron chi connectivity index (χ2n) is 4.18. The number of hydrogen-bond acceptors (Lipinski definition) is 4.